The highest BCUT2D eigenvalue weighted by Gasteiger charge is 1.85. The molecule has 0 unspecified atom stereocenters. The minimum Gasteiger partial charge on any atom is -0.482 e. The highest BCUT2D eigenvalue weighted by Crippen LogP contribution is 1.78. The van der Waals surface area contributed by atoms with Crippen LogP contribution in [0.5, 0.6) is 0 Å². The van der Waals surface area contributed by atoms with Crippen LogP contribution in [0.2, 0.25) is 0 Å². The minimum atomic E-state index is -4.67. The van der Waals surface area contributed by atoms with Gasteiger partial charge in [-0.1, -0.05) is 0 Å². The molecule has 7 heteroatoms. The summed E-state index contributed by atoms with van der Waals surface area (Å²) >= 11 is 0. The lowest BCUT2D eigenvalue weighted by molar-refractivity contribution is 0.361. The van der Waals surface area contributed by atoms with E-state index >= 15 is 0 Å². The predicted octanol–water partition coefficient (Wildman–Crippen LogP) is -0.608. The molecule has 1 rings (SSSR count). The molecule has 2 N–H and O–H groups in total. The molecule has 0 bridgehead atoms. The lowest BCUT2D eigenvalue weighted by Crippen LogP contribution is -1.89. The monoisotopic (exact) mass is 169 g/mol. The molecule has 0 amide bonds. The average molecular weight is 169 g/mol. The lowest BCUT2D eigenvalue weighted by Gasteiger charge is -1.76. The van der Waals surface area contributed by atoms with Gasteiger partial charge in [0.15, 0.2) is 6.40 Å². The van der Waals surface area contributed by atoms with Gasteiger partial charge in [0.05, 0.1) is 6.54 Å². The molecule has 0 fully saturated rings. The molecule has 0 radical (unpaired) electrons. The molecule has 6 nitrogen and oxygen atoms in total. The first kappa shape index (κ1) is 9.34. The van der Waals surface area contributed by atoms with Crippen LogP contribution in [-0.4, -0.2) is 37.1 Å². The summed E-state index contributed by atoms with van der Waals surface area (Å²) in [5.41, 5.74) is 0. The van der Waals surface area contributed by atoms with Gasteiger partial charge in [-0.15, -0.1) is 0 Å². The summed E-state index contributed by atoms with van der Waals surface area (Å²) in [5.74, 6) is 0. The van der Waals surface area contributed by atoms with Crippen molar-refractivity contribution in [1.82, 2.24) is 0 Å². The van der Waals surface area contributed by atoms with Crippen LogP contribution in [0.15, 0.2) is 4.99 Å². The number of hydrogen-bond donors (Lipinski definition) is 2. The fourth-order valence-electron chi connectivity index (χ4n) is 0.264. The van der Waals surface area contributed by atoms with Crippen molar-refractivity contribution >= 4 is 16.8 Å². The highest BCUT2D eigenvalue weighted by atomic mass is 32.3. The first-order valence-electron chi connectivity index (χ1n) is 2.30. The lowest BCUT2D eigenvalue weighted by atomic mass is 10.8. The Kier molecular flexibility index (Phi) is 3.93. The fraction of sp³-hybridized carbons (Fsp3) is 0.667. The Morgan fingerprint density at radius 3 is 2.10 bits per heavy atom. The molecule has 1 aliphatic heterocycles. The number of ether oxygens (including phenoxy) is 1. The van der Waals surface area contributed by atoms with Gasteiger partial charge < -0.3 is 4.74 Å². The third-order valence-corrected chi connectivity index (χ3v) is 0.487. The van der Waals surface area contributed by atoms with E-state index in [-0.39, 0.29) is 0 Å². The molecule has 0 atom stereocenters. The SMILES string of the molecule is C1=NCCO1.O=S(=O)(O)O. The van der Waals surface area contributed by atoms with Gasteiger partial charge in [0, 0.05) is 0 Å². The van der Waals surface area contributed by atoms with Gasteiger partial charge in [-0.2, -0.15) is 8.42 Å². The van der Waals surface area contributed by atoms with Gasteiger partial charge in [-0.25, -0.2) is 0 Å². The Labute approximate surface area is 58.1 Å². The first-order chi connectivity index (χ1) is 4.50. The van der Waals surface area contributed by atoms with Gasteiger partial charge >= 0.3 is 10.4 Å². The van der Waals surface area contributed by atoms with Crippen LogP contribution < -0.4 is 0 Å². The van der Waals surface area contributed by atoms with Crippen LogP contribution in [0.1, 0.15) is 0 Å². The third-order valence-electron chi connectivity index (χ3n) is 0.487. The number of hydrogen-bond acceptors (Lipinski definition) is 4. The molecule has 10 heavy (non-hydrogen) atoms. The largest absolute Gasteiger partial charge is 0.482 e. The molecule has 0 aliphatic carbocycles. The van der Waals surface area contributed by atoms with E-state index in [1.807, 2.05) is 0 Å². The van der Waals surface area contributed by atoms with Crippen LogP contribution in [-0.2, 0) is 15.1 Å². The number of aliphatic imine (C=N–C) groups is 1. The summed E-state index contributed by atoms with van der Waals surface area (Å²) in [4.78, 5) is 3.74. The molecule has 0 saturated carbocycles. The van der Waals surface area contributed by atoms with Crippen LogP contribution in [0, 0.1) is 0 Å². The summed E-state index contributed by atoms with van der Waals surface area (Å²) < 4.78 is 36.2. The Bertz CT molecular complexity index is 181. The summed E-state index contributed by atoms with van der Waals surface area (Å²) in [5, 5.41) is 0. The summed E-state index contributed by atoms with van der Waals surface area (Å²) in [6, 6.07) is 0. The standard InChI is InChI=1S/C3H5NO.H2O4S/c1-2-5-3-4-1;1-5(2,3)4/h3H,1-2H2;(H2,1,2,3,4). The molecule has 0 saturated heterocycles. The third kappa shape index (κ3) is 15.7. The maximum absolute atomic E-state index is 8.74. The topological polar surface area (TPSA) is 96.2 Å². The predicted molar refractivity (Wildman–Crippen MR) is 33.5 cm³/mol. The average Bonchev–Trinajstić information content (AvgIpc) is 2.07. The Balaban J connectivity index is 0.000000162. The molecule has 0 aromatic rings. The van der Waals surface area contributed by atoms with Crippen molar-refractivity contribution in [3.63, 3.8) is 0 Å². The van der Waals surface area contributed by atoms with E-state index in [1.54, 1.807) is 0 Å². The first-order valence-corrected chi connectivity index (χ1v) is 3.69. The van der Waals surface area contributed by atoms with Crippen molar-refractivity contribution in [3.05, 3.63) is 0 Å². The van der Waals surface area contributed by atoms with Gasteiger partial charge in [0.2, 0.25) is 0 Å². The summed E-state index contributed by atoms with van der Waals surface area (Å²) in [6.07, 6.45) is 1.49. The Morgan fingerprint density at radius 1 is 1.50 bits per heavy atom. The molecule has 60 valence electrons. The van der Waals surface area contributed by atoms with Crippen LogP contribution in [0.4, 0.5) is 0 Å². The van der Waals surface area contributed by atoms with Gasteiger partial charge in [0.1, 0.15) is 6.61 Å². The zero-order valence-corrected chi connectivity index (χ0v) is 5.78. The summed E-state index contributed by atoms with van der Waals surface area (Å²) in [6.45, 7) is 1.62. The van der Waals surface area contributed by atoms with Crippen molar-refractivity contribution in [2.45, 2.75) is 0 Å². The molecule has 1 aliphatic rings. The van der Waals surface area contributed by atoms with Gasteiger partial charge in [0.25, 0.3) is 0 Å². The van der Waals surface area contributed by atoms with E-state index in [9.17, 15) is 0 Å². The van der Waals surface area contributed by atoms with Crippen molar-refractivity contribution in [3.8, 4) is 0 Å². The van der Waals surface area contributed by atoms with E-state index in [2.05, 4.69) is 9.73 Å². The maximum atomic E-state index is 8.74. The normalized spacial score (nSPS) is 15.4. The second kappa shape index (κ2) is 4.20. The second-order valence-corrected chi connectivity index (χ2v) is 2.23. The van der Waals surface area contributed by atoms with Crippen LogP contribution in [0.3, 0.4) is 0 Å². The number of rotatable bonds is 0. The summed E-state index contributed by atoms with van der Waals surface area (Å²) in [7, 11) is -4.67. The minimum absolute atomic E-state index is 0.778. The van der Waals surface area contributed by atoms with E-state index in [1.165, 1.54) is 6.40 Å². The molecular formula is C3H7NO5S. The molecule has 0 spiro atoms. The van der Waals surface area contributed by atoms with E-state index in [4.69, 9.17) is 17.5 Å². The fourth-order valence-corrected chi connectivity index (χ4v) is 0.264. The Hall–Kier alpha value is -0.660. The van der Waals surface area contributed by atoms with E-state index in [0.29, 0.717) is 0 Å². The van der Waals surface area contributed by atoms with Crippen LogP contribution >= 0.6 is 0 Å². The van der Waals surface area contributed by atoms with Crippen molar-refractivity contribution < 1.29 is 22.3 Å². The zero-order valence-electron chi connectivity index (χ0n) is 4.97. The van der Waals surface area contributed by atoms with Crippen molar-refractivity contribution in [1.29, 1.82) is 0 Å². The zero-order chi connectivity index (χ0) is 8.04. The quantitative estimate of drug-likeness (QED) is 0.471. The Morgan fingerprint density at radius 2 is 2.00 bits per heavy atom. The molecule has 1 heterocycles. The van der Waals surface area contributed by atoms with E-state index < -0.39 is 10.4 Å². The van der Waals surface area contributed by atoms with E-state index in [0.717, 1.165) is 13.2 Å². The van der Waals surface area contributed by atoms with Gasteiger partial charge in [-0.3, -0.25) is 14.1 Å². The molecule has 0 aromatic heterocycles. The van der Waals surface area contributed by atoms with Crippen molar-refractivity contribution in [2.75, 3.05) is 13.2 Å². The molecular weight excluding hydrogens is 162 g/mol. The molecule has 0 aromatic carbocycles. The highest BCUT2D eigenvalue weighted by molar-refractivity contribution is 7.79. The number of nitrogens with zero attached hydrogens (tertiary/aromatic N) is 1. The maximum Gasteiger partial charge on any atom is 0.394 e. The second-order valence-electron chi connectivity index (χ2n) is 1.33. The van der Waals surface area contributed by atoms with Gasteiger partial charge in [-0.05, 0) is 0 Å². The van der Waals surface area contributed by atoms with Crippen molar-refractivity contribution in [2.24, 2.45) is 4.99 Å². The van der Waals surface area contributed by atoms with Crippen LogP contribution in [0.25, 0.3) is 0 Å². The smallest absolute Gasteiger partial charge is 0.394 e.